The van der Waals surface area contributed by atoms with Crippen molar-refractivity contribution in [1.82, 2.24) is 10.6 Å². The highest BCUT2D eigenvalue weighted by molar-refractivity contribution is 6.30. The molecule has 1 fully saturated rings. The van der Waals surface area contributed by atoms with Gasteiger partial charge in [-0.05, 0) is 61.2 Å². The zero-order chi connectivity index (χ0) is 20.5. The molecule has 0 aromatic heterocycles. The largest absolute Gasteiger partial charge is 0.334 e. The van der Waals surface area contributed by atoms with Crippen LogP contribution in [0, 0.1) is 5.92 Å². The molecule has 0 heterocycles. The lowest BCUT2D eigenvalue weighted by Gasteiger charge is -2.23. The highest BCUT2D eigenvalue weighted by atomic mass is 35.5. The van der Waals surface area contributed by atoms with E-state index < -0.39 is 0 Å². The Bertz CT molecular complexity index is 755. The quantitative estimate of drug-likeness (QED) is 0.476. The smallest absolute Gasteiger partial charge is 0.319 e. The Hall–Kier alpha value is -2.04. The van der Waals surface area contributed by atoms with Crippen molar-refractivity contribution in [2.24, 2.45) is 5.92 Å². The van der Waals surface area contributed by atoms with E-state index >= 15 is 0 Å². The van der Waals surface area contributed by atoms with Crippen molar-refractivity contribution < 1.29 is 4.79 Å². The fraction of sp³-hybridized carbons (Fsp3) is 0.458. The number of halogens is 1. The Balaban J connectivity index is 1.39. The maximum Gasteiger partial charge on any atom is 0.319 e. The molecule has 29 heavy (non-hydrogen) atoms. The number of urea groups is 1. The summed E-state index contributed by atoms with van der Waals surface area (Å²) in [6.07, 6.45) is 8.30. The summed E-state index contributed by atoms with van der Waals surface area (Å²) in [6, 6.07) is 15.6. The van der Waals surface area contributed by atoms with Crippen molar-refractivity contribution in [2.45, 2.75) is 58.0 Å². The van der Waals surface area contributed by atoms with Crippen molar-refractivity contribution in [3.63, 3.8) is 0 Å². The molecule has 156 valence electrons. The second-order valence-electron chi connectivity index (χ2n) is 8.02. The normalized spacial score (nSPS) is 15.7. The summed E-state index contributed by atoms with van der Waals surface area (Å²) < 4.78 is 0. The van der Waals surface area contributed by atoms with E-state index in [4.69, 9.17) is 11.6 Å². The van der Waals surface area contributed by atoms with Crippen molar-refractivity contribution >= 4 is 23.3 Å². The molecule has 3 N–H and O–H groups in total. The SMILES string of the molecule is C[C@H](NCCC1CCCCC1)c1ccc(NC(=O)NCc2ccc(Cl)cc2)cc1. The number of benzene rings is 2. The minimum absolute atomic E-state index is 0.216. The standard InChI is InChI=1S/C24H32ClN3O/c1-18(26-16-15-19-5-3-2-4-6-19)21-9-13-23(14-10-21)28-24(29)27-17-20-7-11-22(25)12-8-20/h7-14,18-19,26H,2-6,15-17H2,1H3,(H2,27,28,29)/t18-/m0/s1. The van der Waals surface area contributed by atoms with Crippen LogP contribution >= 0.6 is 11.6 Å². The molecule has 0 unspecified atom stereocenters. The highest BCUT2D eigenvalue weighted by Crippen LogP contribution is 2.26. The Labute approximate surface area is 179 Å². The third kappa shape index (κ3) is 7.37. The number of hydrogen-bond donors (Lipinski definition) is 3. The summed E-state index contributed by atoms with van der Waals surface area (Å²) in [5.41, 5.74) is 3.03. The third-order valence-corrected chi connectivity index (χ3v) is 6.01. The Kier molecular flexibility index (Phi) is 8.38. The molecule has 4 nitrogen and oxygen atoms in total. The molecule has 0 spiro atoms. The molecule has 2 aromatic rings. The molecule has 1 saturated carbocycles. The molecule has 0 saturated heterocycles. The number of anilines is 1. The number of amides is 2. The number of carbonyl (C=O) groups is 1. The van der Waals surface area contributed by atoms with Gasteiger partial charge in [0.15, 0.2) is 0 Å². The van der Waals surface area contributed by atoms with E-state index in [9.17, 15) is 4.79 Å². The maximum atomic E-state index is 12.1. The summed E-state index contributed by atoms with van der Waals surface area (Å²) in [5.74, 6) is 0.904. The van der Waals surface area contributed by atoms with E-state index in [0.29, 0.717) is 17.6 Å². The van der Waals surface area contributed by atoms with Crippen molar-refractivity contribution in [3.05, 3.63) is 64.7 Å². The fourth-order valence-corrected chi connectivity index (χ4v) is 4.04. The molecule has 2 aromatic carbocycles. The lowest BCUT2D eigenvalue weighted by molar-refractivity contribution is 0.251. The van der Waals surface area contributed by atoms with Gasteiger partial charge in [-0.15, -0.1) is 0 Å². The van der Waals surface area contributed by atoms with Crippen LogP contribution in [0.4, 0.5) is 10.5 Å². The lowest BCUT2D eigenvalue weighted by atomic mass is 9.87. The van der Waals surface area contributed by atoms with Gasteiger partial charge >= 0.3 is 6.03 Å². The van der Waals surface area contributed by atoms with Crippen LogP contribution in [-0.4, -0.2) is 12.6 Å². The molecule has 3 rings (SSSR count). The molecule has 1 aliphatic rings. The average Bonchev–Trinajstić information content (AvgIpc) is 2.74. The van der Waals surface area contributed by atoms with Crippen LogP contribution in [-0.2, 0) is 6.54 Å². The Morgan fingerprint density at radius 2 is 1.72 bits per heavy atom. The van der Waals surface area contributed by atoms with Crippen molar-refractivity contribution in [2.75, 3.05) is 11.9 Å². The molecule has 0 aliphatic heterocycles. The average molecular weight is 414 g/mol. The summed E-state index contributed by atoms with van der Waals surface area (Å²) in [5, 5.41) is 10.1. The molecule has 1 atom stereocenters. The zero-order valence-electron chi connectivity index (χ0n) is 17.2. The third-order valence-electron chi connectivity index (χ3n) is 5.76. The topological polar surface area (TPSA) is 53.2 Å². The van der Waals surface area contributed by atoms with Crippen molar-refractivity contribution in [3.8, 4) is 0 Å². The monoisotopic (exact) mass is 413 g/mol. The van der Waals surface area contributed by atoms with Crippen LogP contribution < -0.4 is 16.0 Å². The molecule has 0 bridgehead atoms. The summed E-state index contributed by atoms with van der Waals surface area (Å²) >= 11 is 5.88. The summed E-state index contributed by atoms with van der Waals surface area (Å²) in [7, 11) is 0. The summed E-state index contributed by atoms with van der Waals surface area (Å²) in [4.78, 5) is 12.1. The van der Waals surface area contributed by atoms with E-state index in [0.717, 1.165) is 23.7 Å². The molecular formula is C24H32ClN3O. The van der Waals surface area contributed by atoms with Crippen LogP contribution in [0.2, 0.25) is 5.02 Å². The van der Waals surface area contributed by atoms with E-state index in [2.05, 4.69) is 35.0 Å². The number of nitrogens with one attached hydrogen (secondary N) is 3. The van der Waals surface area contributed by atoms with Crippen molar-refractivity contribution in [1.29, 1.82) is 0 Å². The van der Waals surface area contributed by atoms with Gasteiger partial charge in [0, 0.05) is 23.3 Å². The van der Waals surface area contributed by atoms with Crippen LogP contribution in [0.25, 0.3) is 0 Å². The van der Waals surface area contributed by atoms with Crippen LogP contribution in [0.15, 0.2) is 48.5 Å². The predicted molar refractivity (Wildman–Crippen MR) is 121 cm³/mol. The minimum atomic E-state index is -0.216. The lowest BCUT2D eigenvalue weighted by Crippen LogP contribution is -2.28. The molecule has 2 amide bonds. The van der Waals surface area contributed by atoms with Gasteiger partial charge < -0.3 is 16.0 Å². The van der Waals surface area contributed by atoms with Gasteiger partial charge in [0.2, 0.25) is 0 Å². The number of hydrogen-bond acceptors (Lipinski definition) is 2. The number of rotatable bonds is 8. The fourth-order valence-electron chi connectivity index (χ4n) is 3.91. The molecular weight excluding hydrogens is 382 g/mol. The van der Waals surface area contributed by atoms with E-state index in [1.54, 1.807) is 0 Å². The van der Waals surface area contributed by atoms with Gasteiger partial charge in [0.05, 0.1) is 0 Å². The van der Waals surface area contributed by atoms with E-state index in [-0.39, 0.29) is 6.03 Å². The first-order chi connectivity index (χ1) is 14.1. The van der Waals surface area contributed by atoms with Crippen LogP contribution in [0.3, 0.4) is 0 Å². The molecule has 5 heteroatoms. The Morgan fingerprint density at radius 3 is 2.41 bits per heavy atom. The van der Waals surface area contributed by atoms with Gasteiger partial charge in [-0.2, -0.15) is 0 Å². The Morgan fingerprint density at radius 1 is 1.03 bits per heavy atom. The van der Waals surface area contributed by atoms with Gasteiger partial charge in [0.25, 0.3) is 0 Å². The molecule has 0 radical (unpaired) electrons. The zero-order valence-corrected chi connectivity index (χ0v) is 18.0. The van der Waals surface area contributed by atoms with Gasteiger partial charge in [-0.3, -0.25) is 0 Å². The first kappa shape index (κ1) is 21.7. The second kappa shape index (κ2) is 11.2. The minimum Gasteiger partial charge on any atom is -0.334 e. The maximum absolute atomic E-state index is 12.1. The van der Waals surface area contributed by atoms with Gasteiger partial charge in [0.1, 0.15) is 0 Å². The van der Waals surface area contributed by atoms with Gasteiger partial charge in [-0.25, -0.2) is 4.79 Å². The van der Waals surface area contributed by atoms with Gasteiger partial charge in [-0.1, -0.05) is 68.0 Å². The first-order valence-corrected chi connectivity index (χ1v) is 11.1. The molecule has 1 aliphatic carbocycles. The first-order valence-electron chi connectivity index (χ1n) is 10.7. The predicted octanol–water partition coefficient (Wildman–Crippen LogP) is 6.28. The van der Waals surface area contributed by atoms with E-state index in [1.165, 1.54) is 44.1 Å². The van der Waals surface area contributed by atoms with Crippen LogP contribution in [0.5, 0.6) is 0 Å². The second-order valence-corrected chi connectivity index (χ2v) is 8.46. The summed E-state index contributed by atoms with van der Waals surface area (Å²) in [6.45, 7) is 3.73. The van der Waals surface area contributed by atoms with Crippen LogP contribution in [0.1, 0.15) is 62.6 Å². The number of carbonyl (C=O) groups excluding carboxylic acids is 1. The van der Waals surface area contributed by atoms with E-state index in [1.807, 2.05) is 36.4 Å². The highest BCUT2D eigenvalue weighted by Gasteiger charge is 2.13.